The largest absolute Gasteiger partial charge is 0.481 e. The standard InChI is InChI=1S/C19H26F3N5O4/c1-25(13-5-8-26(9-6-13)15-10-16(30-2)24-12-23-15)18(29)31-14-4-3-7-27(11-14)17(28)19(20,21)22/h10,12-14H,3-9,11H2,1-2H3. The minimum absolute atomic E-state index is 0.00845. The zero-order valence-electron chi connectivity index (χ0n) is 17.5. The Balaban J connectivity index is 1.50. The molecule has 3 heterocycles. The van der Waals surface area contributed by atoms with Crippen LogP contribution in [0.15, 0.2) is 12.4 Å². The van der Waals surface area contributed by atoms with Crippen LogP contribution in [0.25, 0.3) is 0 Å². The van der Waals surface area contributed by atoms with Gasteiger partial charge in [-0.3, -0.25) is 4.79 Å². The number of aromatic nitrogens is 2. The number of amides is 2. The topological polar surface area (TPSA) is 88.1 Å². The summed E-state index contributed by atoms with van der Waals surface area (Å²) in [6.07, 6.45) is -2.69. The average molecular weight is 445 g/mol. The smallest absolute Gasteiger partial charge is 0.471 e. The Kier molecular flexibility index (Phi) is 7.06. The molecule has 12 heteroatoms. The van der Waals surface area contributed by atoms with Crippen LogP contribution in [0.3, 0.4) is 0 Å². The van der Waals surface area contributed by atoms with Crippen molar-refractivity contribution in [1.82, 2.24) is 19.8 Å². The van der Waals surface area contributed by atoms with Gasteiger partial charge in [0.2, 0.25) is 5.88 Å². The van der Waals surface area contributed by atoms with Crippen LogP contribution in [0.1, 0.15) is 25.7 Å². The molecule has 1 atom stereocenters. The maximum Gasteiger partial charge on any atom is 0.471 e. The number of carbonyl (C=O) groups excluding carboxylic acids is 2. The summed E-state index contributed by atoms with van der Waals surface area (Å²) in [5.74, 6) is -0.680. The fourth-order valence-corrected chi connectivity index (χ4v) is 3.87. The van der Waals surface area contributed by atoms with E-state index in [0.717, 1.165) is 5.82 Å². The number of alkyl halides is 3. The van der Waals surface area contributed by atoms with Gasteiger partial charge in [0.25, 0.3) is 0 Å². The molecular formula is C19H26F3N5O4. The maximum absolute atomic E-state index is 12.7. The highest BCUT2D eigenvalue weighted by atomic mass is 19.4. The van der Waals surface area contributed by atoms with Crippen molar-refractivity contribution in [1.29, 1.82) is 0 Å². The molecule has 0 radical (unpaired) electrons. The van der Waals surface area contributed by atoms with Gasteiger partial charge in [-0.2, -0.15) is 13.2 Å². The van der Waals surface area contributed by atoms with E-state index in [1.165, 1.54) is 18.3 Å². The molecule has 31 heavy (non-hydrogen) atoms. The van der Waals surface area contributed by atoms with Gasteiger partial charge >= 0.3 is 18.2 Å². The van der Waals surface area contributed by atoms with Crippen LogP contribution in [0, 0.1) is 0 Å². The maximum atomic E-state index is 12.7. The number of likely N-dealkylation sites (tertiary alicyclic amines) is 1. The molecule has 2 saturated heterocycles. The minimum atomic E-state index is -4.93. The van der Waals surface area contributed by atoms with E-state index < -0.39 is 24.3 Å². The summed E-state index contributed by atoms with van der Waals surface area (Å²) < 4.78 is 48.5. The monoisotopic (exact) mass is 445 g/mol. The predicted octanol–water partition coefficient (Wildman–Crippen LogP) is 2.08. The summed E-state index contributed by atoms with van der Waals surface area (Å²) in [5.41, 5.74) is 0. The Morgan fingerprint density at radius 3 is 2.52 bits per heavy atom. The third kappa shape index (κ3) is 5.67. The highest BCUT2D eigenvalue weighted by Gasteiger charge is 2.44. The molecule has 0 spiro atoms. The van der Waals surface area contributed by atoms with Crippen molar-refractivity contribution < 1.29 is 32.2 Å². The summed E-state index contributed by atoms with van der Waals surface area (Å²) in [7, 11) is 3.15. The normalized spacial score (nSPS) is 20.4. The number of methoxy groups -OCH3 is 1. The lowest BCUT2D eigenvalue weighted by atomic mass is 10.0. The number of carbonyl (C=O) groups is 2. The van der Waals surface area contributed by atoms with Crippen molar-refractivity contribution in [3.63, 3.8) is 0 Å². The van der Waals surface area contributed by atoms with Crippen LogP contribution >= 0.6 is 0 Å². The number of hydrogen-bond donors (Lipinski definition) is 0. The molecule has 2 aliphatic heterocycles. The van der Waals surface area contributed by atoms with Gasteiger partial charge < -0.3 is 24.2 Å². The van der Waals surface area contributed by atoms with Crippen LogP contribution < -0.4 is 9.64 Å². The lowest BCUT2D eigenvalue weighted by molar-refractivity contribution is -0.188. The quantitative estimate of drug-likeness (QED) is 0.701. The second-order valence-electron chi connectivity index (χ2n) is 7.64. The second-order valence-corrected chi connectivity index (χ2v) is 7.64. The van der Waals surface area contributed by atoms with Crippen molar-refractivity contribution in [3.05, 3.63) is 12.4 Å². The van der Waals surface area contributed by atoms with Crippen molar-refractivity contribution in [3.8, 4) is 5.88 Å². The molecule has 2 fully saturated rings. The highest BCUT2D eigenvalue weighted by molar-refractivity contribution is 5.82. The summed E-state index contributed by atoms with van der Waals surface area (Å²) in [6.45, 7) is 1.10. The van der Waals surface area contributed by atoms with Crippen LogP contribution in [-0.4, -0.2) is 90.4 Å². The first kappa shape index (κ1) is 22.9. The number of nitrogens with zero attached hydrogens (tertiary/aromatic N) is 5. The summed E-state index contributed by atoms with van der Waals surface area (Å²) in [4.78, 5) is 36.5. The molecule has 172 valence electrons. The van der Waals surface area contributed by atoms with Gasteiger partial charge in [0, 0.05) is 38.8 Å². The van der Waals surface area contributed by atoms with Crippen molar-refractivity contribution in [2.45, 2.75) is 44.0 Å². The van der Waals surface area contributed by atoms with E-state index in [-0.39, 0.29) is 19.1 Å². The van der Waals surface area contributed by atoms with E-state index in [2.05, 4.69) is 14.9 Å². The van der Waals surface area contributed by atoms with Crippen molar-refractivity contribution >= 4 is 17.8 Å². The Labute approximate surface area is 178 Å². The van der Waals surface area contributed by atoms with E-state index in [1.807, 2.05) is 0 Å². The van der Waals surface area contributed by atoms with Gasteiger partial charge in [-0.15, -0.1) is 0 Å². The summed E-state index contributed by atoms with van der Waals surface area (Å²) >= 11 is 0. The van der Waals surface area contributed by atoms with E-state index in [4.69, 9.17) is 9.47 Å². The SMILES string of the molecule is COc1cc(N2CCC(N(C)C(=O)OC3CCCN(C(=O)C(F)(F)F)C3)CC2)ncn1. The number of hydrogen-bond acceptors (Lipinski definition) is 7. The van der Waals surface area contributed by atoms with E-state index in [9.17, 15) is 22.8 Å². The molecule has 0 N–H and O–H groups in total. The van der Waals surface area contributed by atoms with Gasteiger partial charge in [0.15, 0.2) is 0 Å². The van der Waals surface area contributed by atoms with Gasteiger partial charge in [0.1, 0.15) is 18.2 Å². The summed E-state index contributed by atoms with van der Waals surface area (Å²) in [5, 5.41) is 0. The molecule has 0 bridgehead atoms. The predicted molar refractivity (Wildman–Crippen MR) is 104 cm³/mol. The van der Waals surface area contributed by atoms with E-state index in [1.54, 1.807) is 13.1 Å². The number of rotatable bonds is 4. The first-order valence-electron chi connectivity index (χ1n) is 10.1. The van der Waals surface area contributed by atoms with Crippen molar-refractivity contribution in [2.24, 2.45) is 0 Å². The summed E-state index contributed by atoms with van der Waals surface area (Å²) in [6, 6.07) is 1.68. The molecular weight excluding hydrogens is 419 g/mol. The fourth-order valence-electron chi connectivity index (χ4n) is 3.87. The number of anilines is 1. The van der Waals surface area contributed by atoms with Gasteiger partial charge in [-0.25, -0.2) is 14.8 Å². The highest BCUT2D eigenvalue weighted by Crippen LogP contribution is 2.25. The van der Waals surface area contributed by atoms with Crippen LogP contribution in [-0.2, 0) is 9.53 Å². The number of halogens is 3. The Morgan fingerprint density at radius 1 is 1.16 bits per heavy atom. The van der Waals surface area contributed by atoms with Gasteiger partial charge in [-0.05, 0) is 25.7 Å². The minimum Gasteiger partial charge on any atom is -0.481 e. The van der Waals surface area contributed by atoms with Crippen LogP contribution in [0.5, 0.6) is 5.88 Å². The Hall–Kier alpha value is -2.79. The van der Waals surface area contributed by atoms with Gasteiger partial charge in [-0.1, -0.05) is 0 Å². The molecule has 1 aromatic heterocycles. The van der Waals surface area contributed by atoms with Crippen LogP contribution in [0.4, 0.5) is 23.8 Å². The van der Waals surface area contributed by atoms with E-state index in [0.29, 0.717) is 49.6 Å². The lowest BCUT2D eigenvalue weighted by Gasteiger charge is -2.38. The van der Waals surface area contributed by atoms with Gasteiger partial charge in [0.05, 0.1) is 13.7 Å². The average Bonchev–Trinajstić information content (AvgIpc) is 2.77. The van der Waals surface area contributed by atoms with Crippen molar-refractivity contribution in [2.75, 3.05) is 45.2 Å². The first-order valence-corrected chi connectivity index (χ1v) is 10.1. The lowest BCUT2D eigenvalue weighted by Crippen LogP contribution is -2.51. The molecule has 2 aliphatic rings. The molecule has 0 saturated carbocycles. The molecule has 3 rings (SSSR count). The molecule has 1 aromatic rings. The first-order chi connectivity index (χ1) is 14.7. The third-order valence-electron chi connectivity index (χ3n) is 5.64. The number of ether oxygens (including phenoxy) is 2. The molecule has 2 amide bonds. The third-order valence-corrected chi connectivity index (χ3v) is 5.64. The zero-order chi connectivity index (χ0) is 22.6. The molecule has 0 aliphatic carbocycles. The molecule has 9 nitrogen and oxygen atoms in total. The molecule has 1 unspecified atom stereocenters. The number of piperidine rings is 2. The molecule has 0 aromatic carbocycles. The zero-order valence-corrected chi connectivity index (χ0v) is 17.5. The fraction of sp³-hybridized carbons (Fsp3) is 0.684. The van der Waals surface area contributed by atoms with Crippen LogP contribution in [0.2, 0.25) is 0 Å². The Bertz CT molecular complexity index is 786. The second kappa shape index (κ2) is 9.56. The Morgan fingerprint density at radius 2 is 1.87 bits per heavy atom. The van der Waals surface area contributed by atoms with E-state index >= 15 is 0 Å².